The first-order valence-corrected chi connectivity index (χ1v) is 7.78. The molecule has 0 saturated carbocycles. The van der Waals surface area contributed by atoms with Crippen LogP contribution < -0.4 is 0 Å². The highest BCUT2D eigenvalue weighted by atomic mass is 35.5. The first-order valence-electron chi connectivity index (χ1n) is 6.52. The maximum absolute atomic E-state index is 12.0. The number of hydrogen-bond acceptors (Lipinski definition) is 8. The lowest BCUT2D eigenvalue weighted by Crippen LogP contribution is -2.08. The van der Waals surface area contributed by atoms with Gasteiger partial charge in [0.1, 0.15) is 5.56 Å². The average molecular weight is 366 g/mol. The molecule has 0 unspecified atom stereocenters. The third-order valence-electron chi connectivity index (χ3n) is 2.91. The highest BCUT2D eigenvalue weighted by molar-refractivity contribution is 7.13. The van der Waals surface area contributed by atoms with Crippen LogP contribution in [0.15, 0.2) is 40.2 Å². The molecular formula is C14H8ClN3O5S. The van der Waals surface area contributed by atoms with Crippen LogP contribution in [0.25, 0.3) is 10.7 Å². The van der Waals surface area contributed by atoms with Gasteiger partial charge in [0.15, 0.2) is 6.61 Å². The molecule has 0 fully saturated rings. The van der Waals surface area contributed by atoms with E-state index in [2.05, 4.69) is 10.1 Å². The van der Waals surface area contributed by atoms with E-state index in [0.717, 1.165) is 10.9 Å². The number of nitro groups is 1. The monoisotopic (exact) mass is 365 g/mol. The van der Waals surface area contributed by atoms with Gasteiger partial charge in [-0.1, -0.05) is 22.8 Å². The smallest absolute Gasteiger partial charge is 0.345 e. The van der Waals surface area contributed by atoms with Gasteiger partial charge in [-0.3, -0.25) is 10.1 Å². The van der Waals surface area contributed by atoms with E-state index < -0.39 is 16.6 Å². The molecule has 1 aromatic carbocycles. The number of aromatic nitrogens is 2. The Hall–Kier alpha value is -2.78. The second kappa shape index (κ2) is 6.77. The van der Waals surface area contributed by atoms with Crippen molar-refractivity contribution in [1.29, 1.82) is 0 Å². The number of nitrogens with zero attached hydrogens (tertiary/aromatic N) is 3. The van der Waals surface area contributed by atoms with E-state index in [0.29, 0.717) is 5.82 Å². The van der Waals surface area contributed by atoms with E-state index in [1.54, 1.807) is 0 Å². The molecule has 0 radical (unpaired) electrons. The number of hydrogen-bond donors (Lipinski definition) is 0. The number of ether oxygens (including phenoxy) is 1. The number of rotatable bonds is 5. The van der Waals surface area contributed by atoms with Crippen LogP contribution in [0.4, 0.5) is 5.69 Å². The third kappa shape index (κ3) is 3.42. The molecule has 2 heterocycles. The Morgan fingerprint density at radius 3 is 2.96 bits per heavy atom. The van der Waals surface area contributed by atoms with E-state index in [1.807, 2.05) is 17.5 Å². The summed E-state index contributed by atoms with van der Waals surface area (Å²) in [5.74, 6) is -0.411. The van der Waals surface area contributed by atoms with Crippen LogP contribution in [-0.2, 0) is 11.3 Å². The van der Waals surface area contributed by atoms with Gasteiger partial charge >= 0.3 is 5.97 Å². The molecule has 2 aromatic heterocycles. The van der Waals surface area contributed by atoms with Crippen LogP contribution >= 0.6 is 22.9 Å². The van der Waals surface area contributed by atoms with Gasteiger partial charge in [-0.25, -0.2) is 4.79 Å². The first kappa shape index (κ1) is 16.1. The number of benzene rings is 1. The normalized spacial score (nSPS) is 10.5. The lowest BCUT2D eigenvalue weighted by atomic mass is 10.2. The zero-order valence-electron chi connectivity index (χ0n) is 11.8. The van der Waals surface area contributed by atoms with E-state index in [9.17, 15) is 14.9 Å². The standard InChI is InChI=1S/C14H8ClN3O5S/c15-8-3-4-9(10(6-8)18(20)21)14(19)22-7-12-16-13(17-23-12)11-2-1-5-24-11/h1-6H,7H2. The van der Waals surface area contributed by atoms with Crippen LogP contribution in [0.3, 0.4) is 0 Å². The molecule has 122 valence electrons. The summed E-state index contributed by atoms with van der Waals surface area (Å²) in [5, 5.41) is 16.8. The molecule has 0 saturated heterocycles. The second-order valence-corrected chi connectivity index (χ2v) is 5.87. The SMILES string of the molecule is O=C(OCc1nc(-c2cccs2)no1)c1ccc(Cl)cc1[N+](=O)[O-]. The number of carbonyl (C=O) groups is 1. The van der Waals surface area contributed by atoms with E-state index in [-0.39, 0.29) is 23.1 Å². The minimum Gasteiger partial charge on any atom is -0.452 e. The van der Waals surface area contributed by atoms with Crippen molar-refractivity contribution in [2.75, 3.05) is 0 Å². The Morgan fingerprint density at radius 1 is 1.42 bits per heavy atom. The largest absolute Gasteiger partial charge is 0.452 e. The van der Waals surface area contributed by atoms with Gasteiger partial charge in [-0.15, -0.1) is 11.3 Å². The van der Waals surface area contributed by atoms with Crippen LogP contribution in [0.1, 0.15) is 16.2 Å². The van der Waals surface area contributed by atoms with Gasteiger partial charge in [-0.2, -0.15) is 4.98 Å². The molecule has 8 nitrogen and oxygen atoms in total. The fourth-order valence-corrected chi connectivity index (χ4v) is 2.67. The van der Waals surface area contributed by atoms with Crippen molar-refractivity contribution in [3.05, 3.63) is 62.3 Å². The van der Waals surface area contributed by atoms with Crippen molar-refractivity contribution in [2.45, 2.75) is 6.61 Å². The molecule has 10 heteroatoms. The van der Waals surface area contributed by atoms with Crippen LogP contribution in [0.2, 0.25) is 5.02 Å². The Morgan fingerprint density at radius 2 is 2.25 bits per heavy atom. The molecule has 0 spiro atoms. The summed E-state index contributed by atoms with van der Waals surface area (Å²) in [4.78, 5) is 27.2. The third-order valence-corrected chi connectivity index (χ3v) is 4.01. The molecular weight excluding hydrogens is 358 g/mol. The van der Waals surface area contributed by atoms with Crippen LogP contribution in [0, 0.1) is 10.1 Å². The van der Waals surface area contributed by atoms with Gasteiger partial charge in [0.2, 0.25) is 5.82 Å². The molecule has 0 amide bonds. The summed E-state index contributed by atoms with van der Waals surface area (Å²) in [6.45, 7) is -0.295. The quantitative estimate of drug-likeness (QED) is 0.385. The number of nitro benzene ring substituents is 1. The van der Waals surface area contributed by atoms with Crippen molar-refractivity contribution in [2.24, 2.45) is 0 Å². The van der Waals surface area contributed by atoms with Crippen LogP contribution in [0.5, 0.6) is 0 Å². The lowest BCUT2D eigenvalue weighted by Gasteiger charge is -2.03. The highest BCUT2D eigenvalue weighted by Crippen LogP contribution is 2.25. The molecule has 0 aliphatic heterocycles. The molecule has 0 aliphatic rings. The van der Waals surface area contributed by atoms with Gasteiger partial charge < -0.3 is 9.26 Å². The average Bonchev–Trinajstić information content (AvgIpc) is 3.23. The fourth-order valence-electron chi connectivity index (χ4n) is 1.85. The molecule has 3 rings (SSSR count). The minimum atomic E-state index is -0.880. The summed E-state index contributed by atoms with van der Waals surface area (Å²) in [5.41, 5.74) is -0.639. The van der Waals surface area contributed by atoms with Crippen molar-refractivity contribution in [3.8, 4) is 10.7 Å². The number of halogens is 1. The summed E-state index contributed by atoms with van der Waals surface area (Å²) in [6, 6.07) is 7.35. The summed E-state index contributed by atoms with van der Waals surface area (Å²) < 4.78 is 9.98. The van der Waals surface area contributed by atoms with Crippen molar-refractivity contribution >= 4 is 34.6 Å². The Balaban J connectivity index is 1.71. The maximum Gasteiger partial charge on any atom is 0.345 e. The van der Waals surface area contributed by atoms with Crippen molar-refractivity contribution in [3.63, 3.8) is 0 Å². The predicted molar refractivity (Wildman–Crippen MR) is 84.8 cm³/mol. The van der Waals surface area contributed by atoms with Crippen molar-refractivity contribution in [1.82, 2.24) is 10.1 Å². The predicted octanol–water partition coefficient (Wildman–Crippen LogP) is 3.72. The van der Waals surface area contributed by atoms with Gasteiger partial charge in [0, 0.05) is 11.1 Å². The first-order chi connectivity index (χ1) is 11.5. The molecule has 0 bridgehead atoms. The van der Waals surface area contributed by atoms with Gasteiger partial charge in [0.25, 0.3) is 11.6 Å². The van der Waals surface area contributed by atoms with Gasteiger partial charge in [0.05, 0.1) is 9.80 Å². The van der Waals surface area contributed by atoms with E-state index >= 15 is 0 Å². The summed E-state index contributed by atoms with van der Waals surface area (Å²) in [6.07, 6.45) is 0. The lowest BCUT2D eigenvalue weighted by molar-refractivity contribution is -0.385. The Kier molecular flexibility index (Phi) is 4.54. The molecule has 0 N–H and O–H groups in total. The topological polar surface area (TPSA) is 108 Å². The number of thiophene rings is 1. The molecule has 0 aliphatic carbocycles. The number of esters is 1. The number of carbonyl (C=O) groups excluding carboxylic acids is 1. The zero-order chi connectivity index (χ0) is 17.1. The zero-order valence-corrected chi connectivity index (χ0v) is 13.4. The van der Waals surface area contributed by atoms with Crippen molar-refractivity contribution < 1.29 is 19.0 Å². The Labute approximate surface area is 143 Å². The fraction of sp³-hybridized carbons (Fsp3) is 0.0714. The van der Waals surface area contributed by atoms with E-state index in [4.69, 9.17) is 20.9 Å². The highest BCUT2D eigenvalue weighted by Gasteiger charge is 2.22. The van der Waals surface area contributed by atoms with E-state index in [1.165, 1.54) is 23.5 Å². The molecule has 24 heavy (non-hydrogen) atoms. The van der Waals surface area contributed by atoms with Crippen LogP contribution in [-0.4, -0.2) is 21.0 Å². The Bertz CT molecular complexity index is 894. The molecule has 0 atom stereocenters. The summed E-state index contributed by atoms with van der Waals surface area (Å²) >= 11 is 7.14. The second-order valence-electron chi connectivity index (χ2n) is 4.48. The summed E-state index contributed by atoms with van der Waals surface area (Å²) in [7, 11) is 0. The maximum atomic E-state index is 12.0. The molecule has 3 aromatic rings. The van der Waals surface area contributed by atoms with Gasteiger partial charge in [-0.05, 0) is 23.6 Å². The minimum absolute atomic E-state index is 0.0865.